The minimum absolute atomic E-state index is 0. The Kier molecular flexibility index (Phi) is 7.79. The number of halogens is 1. The van der Waals surface area contributed by atoms with E-state index in [1.54, 1.807) is 0 Å². The second-order valence-electron chi connectivity index (χ2n) is 5.57. The van der Waals surface area contributed by atoms with Crippen molar-refractivity contribution in [2.45, 2.75) is 25.0 Å². The zero-order valence-electron chi connectivity index (χ0n) is 13.0. The lowest BCUT2D eigenvalue weighted by molar-refractivity contribution is 0.376. The first-order valence-corrected chi connectivity index (χ1v) is 8.09. The smallest absolute Gasteiger partial charge is 0.193 e. The van der Waals surface area contributed by atoms with Crippen LogP contribution in [0, 0.1) is 0 Å². The molecule has 1 aromatic heterocycles. The molecular weight excluding hydrogens is 395 g/mol. The first-order valence-electron chi connectivity index (χ1n) is 7.10. The van der Waals surface area contributed by atoms with E-state index in [4.69, 9.17) is 0 Å². The number of hydrogen-bond acceptors (Lipinski definition) is 3. The molecule has 118 valence electrons. The van der Waals surface area contributed by atoms with Crippen LogP contribution in [0.25, 0.3) is 0 Å². The average molecular weight is 420 g/mol. The highest BCUT2D eigenvalue weighted by Gasteiger charge is 2.28. The van der Waals surface area contributed by atoms with Gasteiger partial charge in [0.05, 0.1) is 0 Å². The Morgan fingerprint density at radius 2 is 2.29 bits per heavy atom. The zero-order chi connectivity index (χ0) is 14.4. The third-order valence-corrected chi connectivity index (χ3v) is 4.62. The van der Waals surface area contributed by atoms with Crippen LogP contribution in [0.1, 0.15) is 19.5 Å². The standard InChI is InChI=1S/C15H24N4S.HI/c1-15(2)12-19(10-11-20-15)14(16-3)18-9-7-13-6-4-5-8-17-13;/h4-6,8H,7,9-12H2,1-3H3,(H,16,18);1H. The van der Waals surface area contributed by atoms with Crippen LogP contribution in [0.2, 0.25) is 0 Å². The summed E-state index contributed by atoms with van der Waals surface area (Å²) in [6, 6.07) is 6.04. The maximum Gasteiger partial charge on any atom is 0.193 e. The van der Waals surface area contributed by atoms with E-state index >= 15 is 0 Å². The van der Waals surface area contributed by atoms with Gasteiger partial charge in [-0.05, 0) is 26.0 Å². The van der Waals surface area contributed by atoms with Crippen molar-refractivity contribution in [2.24, 2.45) is 4.99 Å². The van der Waals surface area contributed by atoms with Gasteiger partial charge >= 0.3 is 0 Å². The summed E-state index contributed by atoms with van der Waals surface area (Å²) in [4.78, 5) is 11.1. The summed E-state index contributed by atoms with van der Waals surface area (Å²) in [5, 5.41) is 3.45. The number of guanidine groups is 1. The highest BCUT2D eigenvalue weighted by molar-refractivity contribution is 14.0. The Hall–Kier alpha value is -0.500. The molecule has 2 heterocycles. The quantitative estimate of drug-likeness (QED) is 0.464. The highest BCUT2D eigenvalue weighted by Crippen LogP contribution is 2.29. The molecule has 2 rings (SSSR count). The summed E-state index contributed by atoms with van der Waals surface area (Å²) in [7, 11) is 1.86. The fourth-order valence-electron chi connectivity index (χ4n) is 2.38. The van der Waals surface area contributed by atoms with Gasteiger partial charge in [-0.25, -0.2) is 0 Å². The van der Waals surface area contributed by atoms with Crippen LogP contribution < -0.4 is 5.32 Å². The molecule has 0 aromatic carbocycles. The number of thioether (sulfide) groups is 1. The summed E-state index contributed by atoms with van der Waals surface area (Å²) in [6.45, 7) is 7.57. The van der Waals surface area contributed by atoms with Crippen molar-refractivity contribution < 1.29 is 0 Å². The van der Waals surface area contributed by atoms with E-state index in [2.05, 4.69) is 40.1 Å². The van der Waals surface area contributed by atoms with E-state index in [0.29, 0.717) is 4.75 Å². The minimum Gasteiger partial charge on any atom is -0.356 e. The van der Waals surface area contributed by atoms with Gasteiger partial charge in [0.15, 0.2) is 5.96 Å². The van der Waals surface area contributed by atoms with Crippen LogP contribution >= 0.6 is 35.7 Å². The normalized spacial score (nSPS) is 18.0. The summed E-state index contributed by atoms with van der Waals surface area (Å²) in [5.41, 5.74) is 1.12. The van der Waals surface area contributed by atoms with Crippen molar-refractivity contribution in [1.82, 2.24) is 15.2 Å². The molecule has 0 bridgehead atoms. The molecule has 0 aliphatic carbocycles. The number of hydrogen-bond donors (Lipinski definition) is 1. The average Bonchev–Trinajstić information content (AvgIpc) is 2.43. The molecule has 0 saturated carbocycles. The number of rotatable bonds is 3. The lowest BCUT2D eigenvalue weighted by Gasteiger charge is -2.39. The molecule has 1 aromatic rings. The Morgan fingerprint density at radius 3 is 2.90 bits per heavy atom. The van der Waals surface area contributed by atoms with Crippen LogP contribution in [0.4, 0.5) is 0 Å². The molecule has 4 nitrogen and oxygen atoms in total. The molecule has 1 N–H and O–H groups in total. The molecule has 0 unspecified atom stereocenters. The molecular formula is C15H25IN4S. The zero-order valence-corrected chi connectivity index (χ0v) is 16.1. The van der Waals surface area contributed by atoms with Crippen LogP contribution in [-0.2, 0) is 6.42 Å². The summed E-state index contributed by atoms with van der Waals surface area (Å²) < 4.78 is 0.302. The summed E-state index contributed by atoms with van der Waals surface area (Å²) in [5.74, 6) is 2.17. The number of pyridine rings is 1. The monoisotopic (exact) mass is 420 g/mol. The van der Waals surface area contributed by atoms with Crippen molar-refractivity contribution in [2.75, 3.05) is 32.4 Å². The van der Waals surface area contributed by atoms with Gasteiger partial charge < -0.3 is 10.2 Å². The van der Waals surface area contributed by atoms with E-state index in [9.17, 15) is 0 Å². The minimum atomic E-state index is 0. The second-order valence-corrected chi connectivity index (χ2v) is 7.38. The molecule has 6 heteroatoms. The van der Waals surface area contributed by atoms with Gasteiger partial charge in [0, 0.05) is 55.5 Å². The highest BCUT2D eigenvalue weighted by atomic mass is 127. The molecule has 1 aliphatic heterocycles. The van der Waals surface area contributed by atoms with Crippen molar-refractivity contribution in [1.29, 1.82) is 0 Å². The van der Waals surface area contributed by atoms with E-state index in [1.807, 2.05) is 37.1 Å². The third-order valence-electron chi connectivity index (χ3n) is 3.33. The van der Waals surface area contributed by atoms with Crippen molar-refractivity contribution in [3.8, 4) is 0 Å². The molecule has 0 amide bonds. The molecule has 1 saturated heterocycles. The molecule has 21 heavy (non-hydrogen) atoms. The molecule has 1 aliphatic rings. The SMILES string of the molecule is CN=C(NCCc1ccccn1)N1CCSC(C)(C)C1.I. The van der Waals surface area contributed by atoms with Gasteiger partial charge in [-0.1, -0.05) is 6.07 Å². The molecule has 0 spiro atoms. The van der Waals surface area contributed by atoms with Gasteiger partial charge in [-0.15, -0.1) is 24.0 Å². The van der Waals surface area contributed by atoms with Crippen LogP contribution in [0.15, 0.2) is 29.4 Å². The molecule has 0 atom stereocenters. The Morgan fingerprint density at radius 1 is 1.48 bits per heavy atom. The maximum atomic E-state index is 4.41. The molecule has 1 fully saturated rings. The predicted molar refractivity (Wildman–Crippen MR) is 103 cm³/mol. The topological polar surface area (TPSA) is 40.5 Å². The van der Waals surface area contributed by atoms with Crippen LogP contribution in [-0.4, -0.2) is 53.0 Å². The number of aromatic nitrogens is 1. The largest absolute Gasteiger partial charge is 0.356 e. The van der Waals surface area contributed by atoms with E-state index in [-0.39, 0.29) is 24.0 Å². The fourth-order valence-corrected chi connectivity index (χ4v) is 3.49. The van der Waals surface area contributed by atoms with E-state index < -0.39 is 0 Å². The van der Waals surface area contributed by atoms with Gasteiger partial charge in [-0.2, -0.15) is 11.8 Å². The first kappa shape index (κ1) is 18.5. The van der Waals surface area contributed by atoms with E-state index in [1.165, 1.54) is 0 Å². The fraction of sp³-hybridized carbons (Fsp3) is 0.600. The van der Waals surface area contributed by atoms with Crippen LogP contribution in [0.3, 0.4) is 0 Å². The lowest BCUT2D eigenvalue weighted by atomic mass is 10.2. The van der Waals surface area contributed by atoms with Gasteiger partial charge in [0.25, 0.3) is 0 Å². The lowest BCUT2D eigenvalue weighted by Crippen LogP contribution is -2.51. The number of nitrogens with zero attached hydrogens (tertiary/aromatic N) is 3. The Labute approximate surface area is 149 Å². The maximum absolute atomic E-state index is 4.41. The van der Waals surface area contributed by atoms with Crippen molar-refractivity contribution in [3.05, 3.63) is 30.1 Å². The first-order chi connectivity index (χ1) is 9.61. The Bertz CT molecular complexity index is 450. The number of nitrogens with one attached hydrogen (secondary N) is 1. The third kappa shape index (κ3) is 6.02. The van der Waals surface area contributed by atoms with Crippen molar-refractivity contribution in [3.63, 3.8) is 0 Å². The van der Waals surface area contributed by atoms with Crippen LogP contribution in [0.5, 0.6) is 0 Å². The predicted octanol–water partition coefficient (Wildman–Crippen LogP) is 2.64. The second kappa shape index (κ2) is 8.82. The van der Waals surface area contributed by atoms with Gasteiger partial charge in [0.2, 0.25) is 0 Å². The van der Waals surface area contributed by atoms with E-state index in [0.717, 1.165) is 43.5 Å². The molecule has 0 radical (unpaired) electrons. The van der Waals surface area contributed by atoms with Gasteiger partial charge in [0.1, 0.15) is 0 Å². The number of aliphatic imine (C=N–C) groups is 1. The van der Waals surface area contributed by atoms with Gasteiger partial charge in [-0.3, -0.25) is 9.98 Å². The summed E-state index contributed by atoms with van der Waals surface area (Å²) in [6.07, 6.45) is 2.76. The van der Waals surface area contributed by atoms with Crippen molar-refractivity contribution >= 4 is 41.7 Å². The Balaban J connectivity index is 0.00000220. The summed E-state index contributed by atoms with van der Waals surface area (Å²) >= 11 is 2.04.